The molecule has 0 radical (unpaired) electrons. The first kappa shape index (κ1) is 21.0. The van der Waals surface area contributed by atoms with E-state index in [2.05, 4.69) is 0 Å². The van der Waals surface area contributed by atoms with Gasteiger partial charge >= 0.3 is 12.4 Å². The van der Waals surface area contributed by atoms with E-state index >= 15 is 0 Å². The number of allylic oxidation sites excluding steroid dienone is 1. The van der Waals surface area contributed by atoms with Crippen LogP contribution in [0, 0.1) is 26.6 Å². The summed E-state index contributed by atoms with van der Waals surface area (Å²) >= 11 is 0. The fraction of sp³-hybridized carbons (Fsp3) is 0.300. The van der Waals surface area contributed by atoms with Gasteiger partial charge in [0.15, 0.2) is 0 Å². The van der Waals surface area contributed by atoms with Gasteiger partial charge in [0.2, 0.25) is 0 Å². The van der Waals surface area contributed by atoms with E-state index in [1.807, 2.05) is 0 Å². The van der Waals surface area contributed by atoms with Crippen molar-refractivity contribution in [3.8, 4) is 0 Å². The Morgan fingerprint density at radius 1 is 0.815 bits per heavy atom. The molecule has 2 aromatic carbocycles. The van der Waals surface area contributed by atoms with Crippen molar-refractivity contribution in [1.29, 1.82) is 0 Å². The van der Waals surface area contributed by atoms with Crippen molar-refractivity contribution in [3.63, 3.8) is 0 Å². The summed E-state index contributed by atoms with van der Waals surface area (Å²) in [6, 6.07) is 5.52. The minimum atomic E-state index is -4.68. The second-order valence-corrected chi connectivity index (χ2v) is 6.42. The van der Waals surface area contributed by atoms with Crippen molar-refractivity contribution in [2.75, 3.05) is 0 Å². The van der Waals surface area contributed by atoms with Crippen LogP contribution in [-0.4, -0.2) is 6.18 Å². The largest absolute Gasteiger partial charge is 0.416 e. The molecule has 0 aliphatic heterocycles. The summed E-state index contributed by atoms with van der Waals surface area (Å²) in [7, 11) is 0. The van der Waals surface area contributed by atoms with Gasteiger partial charge in [-0.3, -0.25) is 0 Å². The smallest absolute Gasteiger partial charge is 0.206 e. The zero-order valence-corrected chi connectivity index (χ0v) is 14.8. The van der Waals surface area contributed by atoms with E-state index in [0.29, 0.717) is 0 Å². The SMILES string of the molecule is Cc1ccc(/C=C/C(c2cc(C)c(F)c(C)c2)C(F)(F)F)cc1C(F)(F)F. The van der Waals surface area contributed by atoms with Gasteiger partial charge < -0.3 is 0 Å². The van der Waals surface area contributed by atoms with Crippen molar-refractivity contribution < 1.29 is 30.7 Å². The van der Waals surface area contributed by atoms with Crippen molar-refractivity contribution in [3.05, 3.63) is 75.6 Å². The number of rotatable bonds is 3. The van der Waals surface area contributed by atoms with Crippen LogP contribution >= 0.6 is 0 Å². The summed E-state index contributed by atoms with van der Waals surface area (Å²) in [5.74, 6) is -2.65. The van der Waals surface area contributed by atoms with Crippen LogP contribution < -0.4 is 0 Å². The van der Waals surface area contributed by atoms with E-state index in [9.17, 15) is 30.7 Å². The molecule has 2 aromatic rings. The number of halogens is 7. The number of aryl methyl sites for hydroxylation is 3. The highest BCUT2D eigenvalue weighted by Gasteiger charge is 2.39. The van der Waals surface area contributed by atoms with Crippen molar-refractivity contribution >= 4 is 6.08 Å². The molecule has 0 saturated heterocycles. The van der Waals surface area contributed by atoms with Crippen LogP contribution in [0.3, 0.4) is 0 Å². The number of hydrogen-bond donors (Lipinski definition) is 0. The predicted molar refractivity (Wildman–Crippen MR) is 89.9 cm³/mol. The van der Waals surface area contributed by atoms with Crippen molar-refractivity contribution in [2.24, 2.45) is 0 Å². The van der Waals surface area contributed by atoms with Gasteiger partial charge in [0.05, 0.1) is 11.5 Å². The molecule has 7 heteroatoms. The molecule has 0 amide bonds. The molecule has 0 saturated carbocycles. The Balaban J connectivity index is 2.47. The lowest BCUT2D eigenvalue weighted by Gasteiger charge is -2.19. The molecule has 27 heavy (non-hydrogen) atoms. The molecule has 1 atom stereocenters. The summed E-state index contributed by atoms with van der Waals surface area (Å²) in [5.41, 5.74) is -0.945. The lowest BCUT2D eigenvalue weighted by atomic mass is 9.93. The highest BCUT2D eigenvalue weighted by atomic mass is 19.4. The molecular weight excluding hydrogens is 373 g/mol. The molecule has 0 N–H and O–H groups in total. The molecule has 0 bridgehead atoms. The maximum atomic E-state index is 13.7. The lowest BCUT2D eigenvalue weighted by Crippen LogP contribution is -2.19. The van der Waals surface area contributed by atoms with Gasteiger partial charge in [-0.15, -0.1) is 0 Å². The van der Waals surface area contributed by atoms with Crippen LogP contribution in [0.1, 0.15) is 39.3 Å². The molecule has 0 aromatic heterocycles. The van der Waals surface area contributed by atoms with Gasteiger partial charge in [0.1, 0.15) is 5.82 Å². The minimum absolute atomic E-state index is 0.00210. The third-order valence-electron chi connectivity index (χ3n) is 4.22. The van der Waals surface area contributed by atoms with Gasteiger partial charge in [0.25, 0.3) is 0 Å². The van der Waals surface area contributed by atoms with Crippen LogP contribution in [0.15, 0.2) is 36.4 Å². The second-order valence-electron chi connectivity index (χ2n) is 6.42. The molecule has 146 valence electrons. The van der Waals surface area contributed by atoms with E-state index in [4.69, 9.17) is 0 Å². The first-order chi connectivity index (χ1) is 12.3. The second kappa shape index (κ2) is 7.37. The highest BCUT2D eigenvalue weighted by molar-refractivity contribution is 5.54. The summed E-state index contributed by atoms with van der Waals surface area (Å²) in [5, 5.41) is 0. The fourth-order valence-corrected chi connectivity index (χ4v) is 2.82. The summed E-state index contributed by atoms with van der Waals surface area (Å²) in [6.45, 7) is 4.00. The molecule has 0 aliphatic carbocycles. The van der Waals surface area contributed by atoms with E-state index < -0.39 is 29.7 Å². The maximum absolute atomic E-state index is 13.7. The Morgan fingerprint density at radius 3 is 1.85 bits per heavy atom. The Bertz CT molecular complexity index is 835. The molecule has 0 heterocycles. The standard InChI is InChI=1S/C20H17F7/c1-11-4-5-14(10-17(11)20(25,26)27)6-7-16(19(22,23)24)15-8-12(2)18(21)13(3)9-15/h4-10,16H,1-3H3/b7-6+. The Morgan fingerprint density at radius 2 is 1.37 bits per heavy atom. The Kier molecular flexibility index (Phi) is 5.73. The number of benzene rings is 2. The third-order valence-corrected chi connectivity index (χ3v) is 4.22. The van der Waals surface area contributed by atoms with E-state index in [-0.39, 0.29) is 27.8 Å². The first-order valence-electron chi connectivity index (χ1n) is 8.00. The first-order valence-corrected chi connectivity index (χ1v) is 8.00. The zero-order chi connectivity index (χ0) is 20.6. The Hall–Kier alpha value is -2.31. The van der Waals surface area contributed by atoms with Gasteiger partial charge in [-0.1, -0.05) is 36.4 Å². The van der Waals surface area contributed by atoms with Gasteiger partial charge in [-0.2, -0.15) is 26.3 Å². The van der Waals surface area contributed by atoms with Crippen LogP contribution in [0.25, 0.3) is 6.08 Å². The summed E-state index contributed by atoms with van der Waals surface area (Å²) < 4.78 is 93.1. The van der Waals surface area contributed by atoms with Crippen LogP contribution in [0.2, 0.25) is 0 Å². The third kappa shape index (κ3) is 4.90. The van der Waals surface area contributed by atoms with E-state index in [1.165, 1.54) is 32.9 Å². The average Bonchev–Trinajstić information content (AvgIpc) is 2.51. The zero-order valence-electron chi connectivity index (χ0n) is 14.8. The highest BCUT2D eigenvalue weighted by Crippen LogP contribution is 2.38. The van der Waals surface area contributed by atoms with Crippen LogP contribution in [0.5, 0.6) is 0 Å². The molecule has 0 aliphatic rings. The number of alkyl halides is 6. The summed E-state index contributed by atoms with van der Waals surface area (Å²) in [6.07, 6.45) is -7.48. The van der Waals surface area contributed by atoms with Gasteiger partial charge in [-0.25, -0.2) is 4.39 Å². The Labute approximate surface area is 152 Å². The molecule has 0 nitrogen and oxygen atoms in total. The fourth-order valence-electron chi connectivity index (χ4n) is 2.82. The van der Waals surface area contributed by atoms with Gasteiger partial charge in [-0.05, 0) is 54.7 Å². The number of hydrogen-bond acceptors (Lipinski definition) is 0. The predicted octanol–water partition coefficient (Wildman–Crippen LogP) is 7.13. The molecular formula is C20H17F7. The van der Waals surface area contributed by atoms with Crippen LogP contribution in [0.4, 0.5) is 30.7 Å². The average molecular weight is 390 g/mol. The van der Waals surface area contributed by atoms with E-state index in [1.54, 1.807) is 0 Å². The van der Waals surface area contributed by atoms with E-state index in [0.717, 1.165) is 30.4 Å². The molecule has 0 fully saturated rings. The lowest BCUT2D eigenvalue weighted by molar-refractivity contribution is -0.139. The molecule has 0 spiro atoms. The monoisotopic (exact) mass is 390 g/mol. The normalized spacial score (nSPS) is 14.0. The maximum Gasteiger partial charge on any atom is 0.416 e. The molecule has 2 rings (SSSR count). The minimum Gasteiger partial charge on any atom is -0.206 e. The van der Waals surface area contributed by atoms with Gasteiger partial charge in [0, 0.05) is 0 Å². The summed E-state index contributed by atoms with van der Waals surface area (Å²) in [4.78, 5) is 0. The van der Waals surface area contributed by atoms with Crippen molar-refractivity contribution in [1.82, 2.24) is 0 Å². The topological polar surface area (TPSA) is 0 Å². The van der Waals surface area contributed by atoms with Crippen molar-refractivity contribution in [2.45, 2.75) is 39.0 Å². The van der Waals surface area contributed by atoms with Crippen LogP contribution in [-0.2, 0) is 6.18 Å². The quantitative estimate of drug-likeness (QED) is 0.489. The molecule has 1 unspecified atom stereocenters.